The molecule has 0 bridgehead atoms. The molecular formula is C27H25N3OS. The van der Waals surface area contributed by atoms with Crippen LogP contribution in [0.4, 0.5) is 5.69 Å². The molecular weight excluding hydrogens is 414 g/mol. The highest BCUT2D eigenvalue weighted by Crippen LogP contribution is 2.23. The number of nitrogens with one attached hydrogen (secondary N) is 1. The van der Waals surface area contributed by atoms with Gasteiger partial charge in [0.15, 0.2) is 5.11 Å². The first-order valence-corrected chi connectivity index (χ1v) is 10.9. The second kappa shape index (κ2) is 10.6. The lowest BCUT2D eigenvalue weighted by atomic mass is 10.1. The van der Waals surface area contributed by atoms with E-state index < -0.39 is 0 Å². The molecule has 0 aliphatic heterocycles. The molecule has 0 aliphatic carbocycles. The smallest absolute Gasteiger partial charge is 0.174 e. The van der Waals surface area contributed by atoms with Crippen molar-refractivity contribution < 1.29 is 4.74 Å². The van der Waals surface area contributed by atoms with Crippen molar-refractivity contribution in [2.24, 2.45) is 0 Å². The summed E-state index contributed by atoms with van der Waals surface area (Å²) < 4.78 is 5.87. The largest absolute Gasteiger partial charge is 0.457 e. The van der Waals surface area contributed by atoms with E-state index in [9.17, 15) is 0 Å². The zero-order valence-electron chi connectivity index (χ0n) is 17.9. The van der Waals surface area contributed by atoms with E-state index in [0.29, 0.717) is 18.2 Å². The molecule has 1 heterocycles. The molecule has 4 aromatic rings. The molecule has 0 saturated carbocycles. The van der Waals surface area contributed by atoms with Gasteiger partial charge in [-0.25, -0.2) is 0 Å². The van der Waals surface area contributed by atoms with E-state index in [4.69, 9.17) is 17.0 Å². The Morgan fingerprint density at radius 3 is 2.19 bits per heavy atom. The molecule has 1 N–H and O–H groups in total. The first-order chi connectivity index (χ1) is 15.7. The summed E-state index contributed by atoms with van der Waals surface area (Å²) in [7, 11) is 0. The topological polar surface area (TPSA) is 37.4 Å². The molecule has 0 atom stereocenters. The Hall–Kier alpha value is -3.70. The van der Waals surface area contributed by atoms with Crippen LogP contribution in [0.3, 0.4) is 0 Å². The Morgan fingerprint density at radius 1 is 0.812 bits per heavy atom. The Morgan fingerprint density at radius 2 is 1.50 bits per heavy atom. The summed E-state index contributed by atoms with van der Waals surface area (Å²) in [4.78, 5) is 6.59. The van der Waals surface area contributed by atoms with Crippen molar-refractivity contribution in [2.45, 2.75) is 20.0 Å². The maximum absolute atomic E-state index is 5.87. The second-order valence-corrected chi connectivity index (χ2v) is 7.92. The van der Waals surface area contributed by atoms with E-state index in [0.717, 1.165) is 22.9 Å². The molecule has 0 spiro atoms. The van der Waals surface area contributed by atoms with Gasteiger partial charge in [0.05, 0.1) is 12.2 Å². The van der Waals surface area contributed by atoms with Gasteiger partial charge in [-0.05, 0) is 73.2 Å². The highest BCUT2D eigenvalue weighted by molar-refractivity contribution is 7.80. The molecule has 5 heteroatoms. The number of rotatable bonds is 7. The lowest BCUT2D eigenvalue weighted by molar-refractivity contribution is 0.407. The minimum Gasteiger partial charge on any atom is -0.457 e. The number of pyridine rings is 1. The number of anilines is 1. The first kappa shape index (κ1) is 21.5. The Labute approximate surface area is 194 Å². The average molecular weight is 440 g/mol. The highest BCUT2D eigenvalue weighted by atomic mass is 32.1. The molecule has 0 aliphatic rings. The van der Waals surface area contributed by atoms with E-state index in [-0.39, 0.29) is 0 Å². The van der Waals surface area contributed by atoms with E-state index >= 15 is 0 Å². The lowest BCUT2D eigenvalue weighted by Crippen LogP contribution is -2.34. The summed E-state index contributed by atoms with van der Waals surface area (Å²) >= 11 is 5.78. The maximum Gasteiger partial charge on any atom is 0.174 e. The zero-order chi connectivity index (χ0) is 22.2. The van der Waals surface area contributed by atoms with Gasteiger partial charge in [-0.1, -0.05) is 54.1 Å². The molecule has 4 nitrogen and oxygen atoms in total. The van der Waals surface area contributed by atoms with Gasteiger partial charge in [0.2, 0.25) is 0 Å². The summed E-state index contributed by atoms with van der Waals surface area (Å²) in [6.45, 7) is 3.40. The lowest BCUT2D eigenvalue weighted by Gasteiger charge is -2.26. The monoisotopic (exact) mass is 439 g/mol. The maximum atomic E-state index is 5.87. The first-order valence-electron chi connectivity index (χ1n) is 10.5. The Balaban J connectivity index is 1.45. The Bertz CT molecular complexity index is 1130. The summed E-state index contributed by atoms with van der Waals surface area (Å²) in [6.07, 6.45) is 1.81. The number of benzene rings is 3. The summed E-state index contributed by atoms with van der Waals surface area (Å²) in [5, 5.41) is 4.01. The molecule has 1 aromatic heterocycles. The van der Waals surface area contributed by atoms with Crippen molar-refractivity contribution in [3.8, 4) is 11.5 Å². The average Bonchev–Trinajstić information content (AvgIpc) is 2.83. The van der Waals surface area contributed by atoms with Gasteiger partial charge in [-0.3, -0.25) is 4.98 Å². The standard InChI is InChI=1S/C27H25N3OS/c1-21-10-12-22(13-11-21)19-30(20-24-7-5-6-18-28-24)27(32)29-23-14-16-26(17-15-23)31-25-8-3-2-4-9-25/h2-18H,19-20H2,1H3,(H,29,32). The molecule has 32 heavy (non-hydrogen) atoms. The van der Waals surface area contributed by atoms with Gasteiger partial charge in [-0.15, -0.1) is 0 Å². The number of para-hydroxylation sites is 1. The third-order valence-corrected chi connectivity index (χ3v) is 5.31. The SMILES string of the molecule is Cc1ccc(CN(Cc2ccccn2)C(=S)Nc2ccc(Oc3ccccc3)cc2)cc1. The summed E-state index contributed by atoms with van der Waals surface area (Å²) in [5.74, 6) is 1.58. The third-order valence-electron chi connectivity index (χ3n) is 4.94. The van der Waals surface area contributed by atoms with Crippen molar-refractivity contribution in [3.63, 3.8) is 0 Å². The quantitative estimate of drug-likeness (QED) is 0.329. The van der Waals surface area contributed by atoms with Crippen molar-refractivity contribution in [3.05, 3.63) is 120 Å². The number of ether oxygens (including phenoxy) is 1. The predicted octanol–water partition coefficient (Wildman–Crippen LogP) is 6.58. The van der Waals surface area contributed by atoms with Crippen LogP contribution in [-0.4, -0.2) is 15.0 Å². The van der Waals surface area contributed by atoms with Crippen LogP contribution in [0.1, 0.15) is 16.8 Å². The fourth-order valence-corrected chi connectivity index (χ4v) is 3.48. The van der Waals surface area contributed by atoms with Crippen LogP contribution >= 0.6 is 12.2 Å². The van der Waals surface area contributed by atoms with E-state index in [1.807, 2.05) is 72.8 Å². The molecule has 3 aromatic carbocycles. The molecule has 0 radical (unpaired) electrons. The van der Waals surface area contributed by atoms with E-state index in [1.165, 1.54) is 11.1 Å². The van der Waals surface area contributed by atoms with Gasteiger partial charge in [-0.2, -0.15) is 0 Å². The van der Waals surface area contributed by atoms with E-state index in [2.05, 4.69) is 46.4 Å². The van der Waals surface area contributed by atoms with Gasteiger partial charge in [0.25, 0.3) is 0 Å². The fraction of sp³-hybridized carbons (Fsp3) is 0.111. The molecule has 0 unspecified atom stereocenters. The Kier molecular flexibility index (Phi) is 7.10. The van der Waals surface area contributed by atoms with Crippen LogP contribution in [0.2, 0.25) is 0 Å². The number of hydrogen-bond acceptors (Lipinski definition) is 3. The van der Waals surface area contributed by atoms with E-state index in [1.54, 1.807) is 6.20 Å². The molecule has 160 valence electrons. The molecule has 0 saturated heterocycles. The number of aryl methyl sites for hydroxylation is 1. The van der Waals surface area contributed by atoms with Crippen LogP contribution in [0.25, 0.3) is 0 Å². The summed E-state index contributed by atoms with van der Waals surface area (Å²) in [5.41, 5.74) is 4.31. The van der Waals surface area contributed by atoms with Crippen molar-refractivity contribution in [1.29, 1.82) is 0 Å². The highest BCUT2D eigenvalue weighted by Gasteiger charge is 2.13. The van der Waals surface area contributed by atoms with Crippen LogP contribution in [0.15, 0.2) is 103 Å². The normalized spacial score (nSPS) is 10.4. The number of thiocarbonyl (C=S) groups is 1. The molecule has 0 fully saturated rings. The third kappa shape index (κ3) is 6.15. The molecule has 4 rings (SSSR count). The second-order valence-electron chi connectivity index (χ2n) is 7.53. The van der Waals surface area contributed by atoms with Crippen molar-refractivity contribution >= 4 is 23.0 Å². The number of hydrogen-bond donors (Lipinski definition) is 1. The minimum atomic E-state index is 0.621. The predicted molar refractivity (Wildman–Crippen MR) is 134 cm³/mol. The van der Waals surface area contributed by atoms with Gasteiger partial charge < -0.3 is 15.0 Å². The van der Waals surface area contributed by atoms with Crippen LogP contribution < -0.4 is 10.1 Å². The van der Waals surface area contributed by atoms with Crippen molar-refractivity contribution in [1.82, 2.24) is 9.88 Å². The van der Waals surface area contributed by atoms with Gasteiger partial charge in [0.1, 0.15) is 11.5 Å². The van der Waals surface area contributed by atoms with Crippen LogP contribution in [0, 0.1) is 6.92 Å². The number of aromatic nitrogens is 1. The zero-order valence-corrected chi connectivity index (χ0v) is 18.8. The fourth-order valence-electron chi connectivity index (χ4n) is 3.23. The van der Waals surface area contributed by atoms with Gasteiger partial charge in [0, 0.05) is 18.4 Å². The minimum absolute atomic E-state index is 0.621. The van der Waals surface area contributed by atoms with Gasteiger partial charge >= 0.3 is 0 Å². The van der Waals surface area contributed by atoms with Crippen LogP contribution in [-0.2, 0) is 13.1 Å². The van der Waals surface area contributed by atoms with Crippen molar-refractivity contribution in [2.75, 3.05) is 5.32 Å². The number of nitrogens with zero attached hydrogens (tertiary/aromatic N) is 2. The van der Waals surface area contributed by atoms with Crippen LogP contribution in [0.5, 0.6) is 11.5 Å². The summed E-state index contributed by atoms with van der Waals surface area (Å²) in [6, 6.07) is 32.0. The molecule has 0 amide bonds.